The smallest absolute Gasteiger partial charge is 0.250 e. The van der Waals surface area contributed by atoms with Gasteiger partial charge in [-0.3, -0.25) is 9.59 Å². The number of halogens is 1. The minimum atomic E-state index is -0.277. The molecule has 0 aliphatic rings. The maximum absolute atomic E-state index is 11.4. The fourth-order valence-electron chi connectivity index (χ4n) is 1.22. The highest BCUT2D eigenvalue weighted by Crippen LogP contribution is 2.03. The predicted molar refractivity (Wildman–Crippen MR) is 69.1 cm³/mol. The Bertz CT molecular complexity index is 503. The van der Waals surface area contributed by atoms with Crippen molar-refractivity contribution in [1.82, 2.24) is 4.57 Å². The van der Waals surface area contributed by atoms with Crippen LogP contribution in [0.4, 0.5) is 5.69 Å². The van der Waals surface area contributed by atoms with Crippen LogP contribution in [-0.2, 0) is 11.3 Å². The van der Waals surface area contributed by atoms with Gasteiger partial charge in [0.25, 0.3) is 5.56 Å². The fraction of sp³-hybridized carbons (Fsp3) is 0.167. The number of anilines is 1. The van der Waals surface area contributed by atoms with Gasteiger partial charge in [-0.15, -0.1) is 0 Å². The number of carbonyl (C=O) groups excluding carboxylic acids is 1. The van der Waals surface area contributed by atoms with Crippen molar-refractivity contribution in [2.45, 2.75) is 13.5 Å². The van der Waals surface area contributed by atoms with Gasteiger partial charge < -0.3 is 9.88 Å². The maximum atomic E-state index is 11.4. The van der Waals surface area contributed by atoms with Crippen LogP contribution >= 0.6 is 11.6 Å². The summed E-state index contributed by atoms with van der Waals surface area (Å²) in [6.45, 7) is 2.42. The number of nitrogens with one attached hydrogen (secondary N) is 1. The number of aromatic nitrogens is 1. The lowest BCUT2D eigenvalue weighted by molar-refractivity contribution is -0.111. The highest BCUT2D eigenvalue weighted by molar-refractivity contribution is 6.25. The van der Waals surface area contributed by atoms with Crippen LogP contribution in [-0.4, -0.2) is 10.5 Å². The Balaban J connectivity index is 2.75. The zero-order valence-electron chi connectivity index (χ0n) is 9.39. The van der Waals surface area contributed by atoms with Gasteiger partial charge in [0.1, 0.15) is 0 Å². The number of carbonyl (C=O) groups is 1. The zero-order chi connectivity index (χ0) is 12.7. The van der Waals surface area contributed by atoms with Gasteiger partial charge in [-0.1, -0.05) is 23.8 Å². The van der Waals surface area contributed by atoms with Gasteiger partial charge in [-0.2, -0.15) is 0 Å². The average Bonchev–Trinajstić information content (AvgIpc) is 2.32. The van der Waals surface area contributed by atoms with E-state index < -0.39 is 0 Å². The summed E-state index contributed by atoms with van der Waals surface area (Å²) in [6, 6.07) is 2.99. The van der Waals surface area contributed by atoms with Crippen LogP contribution in [0.15, 0.2) is 46.9 Å². The summed E-state index contributed by atoms with van der Waals surface area (Å²) >= 11 is 5.30. The minimum absolute atomic E-state index is 0.0916. The van der Waals surface area contributed by atoms with Crippen LogP contribution in [0.1, 0.15) is 6.92 Å². The topological polar surface area (TPSA) is 51.1 Å². The molecule has 0 aliphatic heterocycles. The fourth-order valence-corrected chi connectivity index (χ4v) is 1.31. The van der Waals surface area contributed by atoms with Crippen LogP contribution in [0.5, 0.6) is 0 Å². The minimum Gasteiger partial charge on any atom is -0.321 e. The van der Waals surface area contributed by atoms with Crippen LogP contribution < -0.4 is 10.9 Å². The molecule has 1 aromatic rings. The molecular weight excluding hydrogens is 240 g/mol. The Hall–Kier alpha value is -1.81. The molecule has 1 rings (SSSR count). The number of allylic oxidation sites excluding steroid dienone is 2. The van der Waals surface area contributed by atoms with E-state index in [1.54, 1.807) is 12.3 Å². The quantitative estimate of drug-likeness (QED) is 0.659. The SMILES string of the molecule is CCn1cc(NC(=O)/C=C/C=C/Cl)ccc1=O. The van der Waals surface area contributed by atoms with E-state index in [2.05, 4.69) is 5.32 Å². The second kappa shape index (κ2) is 6.70. The van der Waals surface area contributed by atoms with E-state index in [9.17, 15) is 9.59 Å². The molecule has 1 N–H and O–H groups in total. The van der Waals surface area contributed by atoms with Crippen molar-refractivity contribution in [3.05, 3.63) is 52.4 Å². The standard InChI is InChI=1S/C12H13ClN2O2/c1-2-15-9-10(6-7-12(15)17)14-11(16)5-3-4-8-13/h3-9H,2H2,1H3,(H,14,16)/b5-3+,8-4+. The van der Waals surface area contributed by atoms with Crippen molar-refractivity contribution >= 4 is 23.2 Å². The molecule has 1 amide bonds. The van der Waals surface area contributed by atoms with E-state index in [-0.39, 0.29) is 11.5 Å². The molecule has 0 aliphatic carbocycles. The Labute approximate surface area is 104 Å². The van der Waals surface area contributed by atoms with Gasteiger partial charge in [0.15, 0.2) is 0 Å². The molecule has 1 heterocycles. The Kier molecular flexibility index (Phi) is 5.23. The number of amides is 1. The molecule has 0 fully saturated rings. The van der Waals surface area contributed by atoms with Gasteiger partial charge >= 0.3 is 0 Å². The molecule has 0 unspecified atom stereocenters. The molecule has 0 atom stereocenters. The summed E-state index contributed by atoms with van der Waals surface area (Å²) in [6.07, 6.45) is 6.01. The third-order valence-electron chi connectivity index (χ3n) is 2.02. The molecule has 5 heteroatoms. The number of hydrogen-bond acceptors (Lipinski definition) is 2. The predicted octanol–water partition coefficient (Wildman–Crippen LogP) is 2.12. The van der Waals surface area contributed by atoms with Crippen molar-refractivity contribution in [1.29, 1.82) is 0 Å². The highest BCUT2D eigenvalue weighted by atomic mass is 35.5. The number of pyridine rings is 1. The van der Waals surface area contributed by atoms with E-state index in [4.69, 9.17) is 11.6 Å². The van der Waals surface area contributed by atoms with Crippen molar-refractivity contribution < 1.29 is 4.79 Å². The second-order valence-electron chi connectivity index (χ2n) is 3.21. The van der Waals surface area contributed by atoms with Crippen molar-refractivity contribution in [3.8, 4) is 0 Å². The molecule has 0 bridgehead atoms. The van der Waals surface area contributed by atoms with Crippen LogP contribution in [0, 0.1) is 0 Å². The monoisotopic (exact) mass is 252 g/mol. The molecule has 0 radical (unpaired) electrons. The van der Waals surface area contributed by atoms with Gasteiger partial charge in [-0.05, 0) is 13.0 Å². The molecule has 0 saturated carbocycles. The van der Waals surface area contributed by atoms with Crippen molar-refractivity contribution in [2.75, 3.05) is 5.32 Å². The van der Waals surface area contributed by atoms with Crippen LogP contribution in [0.25, 0.3) is 0 Å². The lowest BCUT2D eigenvalue weighted by Crippen LogP contribution is -2.19. The molecule has 0 saturated heterocycles. The van der Waals surface area contributed by atoms with Gasteiger partial charge in [0.05, 0.1) is 5.69 Å². The summed E-state index contributed by atoms with van der Waals surface area (Å²) in [4.78, 5) is 22.7. The summed E-state index contributed by atoms with van der Waals surface area (Å²) in [7, 11) is 0. The second-order valence-corrected chi connectivity index (χ2v) is 3.46. The number of nitrogens with zero attached hydrogens (tertiary/aromatic N) is 1. The van der Waals surface area contributed by atoms with Gasteiger partial charge in [-0.25, -0.2) is 0 Å². The summed E-state index contributed by atoms with van der Waals surface area (Å²) in [5.74, 6) is -0.277. The van der Waals surface area contributed by atoms with E-state index >= 15 is 0 Å². The molecule has 90 valence electrons. The average molecular weight is 253 g/mol. The summed E-state index contributed by atoms with van der Waals surface area (Å²) in [5.41, 5.74) is 1.79. The van der Waals surface area contributed by atoms with E-state index in [1.807, 2.05) is 6.92 Å². The molecular formula is C12H13ClN2O2. The summed E-state index contributed by atoms with van der Waals surface area (Å²) < 4.78 is 1.51. The van der Waals surface area contributed by atoms with E-state index in [1.165, 1.54) is 34.4 Å². The lowest BCUT2D eigenvalue weighted by Gasteiger charge is -2.05. The zero-order valence-corrected chi connectivity index (χ0v) is 10.1. The first kappa shape index (κ1) is 13.3. The third-order valence-corrected chi connectivity index (χ3v) is 2.17. The first-order valence-corrected chi connectivity index (χ1v) is 5.56. The van der Waals surface area contributed by atoms with Crippen molar-refractivity contribution in [3.63, 3.8) is 0 Å². The normalized spacial score (nSPS) is 11.2. The van der Waals surface area contributed by atoms with E-state index in [0.717, 1.165) is 0 Å². The van der Waals surface area contributed by atoms with Crippen LogP contribution in [0.3, 0.4) is 0 Å². The number of aryl methyl sites for hydroxylation is 1. The molecule has 4 nitrogen and oxygen atoms in total. The van der Waals surface area contributed by atoms with Gasteiger partial charge in [0.2, 0.25) is 5.91 Å². The maximum Gasteiger partial charge on any atom is 0.250 e. The summed E-state index contributed by atoms with van der Waals surface area (Å²) in [5, 5.41) is 2.64. The third kappa shape index (κ3) is 4.28. The number of rotatable bonds is 4. The molecule has 0 aromatic carbocycles. The molecule has 0 spiro atoms. The number of hydrogen-bond donors (Lipinski definition) is 1. The molecule has 1 aromatic heterocycles. The largest absolute Gasteiger partial charge is 0.321 e. The van der Waals surface area contributed by atoms with Gasteiger partial charge in [0, 0.05) is 30.4 Å². The first-order chi connectivity index (χ1) is 8.17. The van der Waals surface area contributed by atoms with Crippen LogP contribution in [0.2, 0.25) is 0 Å². The molecule has 17 heavy (non-hydrogen) atoms. The first-order valence-electron chi connectivity index (χ1n) is 5.12. The Morgan fingerprint density at radius 2 is 2.24 bits per heavy atom. The van der Waals surface area contributed by atoms with Crippen molar-refractivity contribution in [2.24, 2.45) is 0 Å². The Morgan fingerprint density at radius 3 is 2.88 bits per heavy atom. The highest BCUT2D eigenvalue weighted by Gasteiger charge is 1.99. The lowest BCUT2D eigenvalue weighted by atomic mass is 10.3. The van der Waals surface area contributed by atoms with E-state index in [0.29, 0.717) is 12.2 Å². The Morgan fingerprint density at radius 1 is 1.47 bits per heavy atom.